The first-order valence-electron chi connectivity index (χ1n) is 25.6. The molecular weight excluding hydrogens is 1000 g/mol. The summed E-state index contributed by atoms with van der Waals surface area (Å²) in [4.78, 5) is 0. The average molecular weight is 1020 g/mol. The SMILES string of the molecule is [S]=[Mo]=[S].c1cc2cc3cc4cc5ccc6cc7cc8cc9cccc%10cc%11cc%12cc%13ccc%14cc%15cc%16cc(c1)c2c1c3c2c4c3c5c6c4c7c5c8c(c9%10)c%11c6c%12c7c%13c%14c8c%15c(c%161)c2c1c3c4c(c56)c7c81. The topological polar surface area (TPSA) is 0 Å². The smallest absolute Gasteiger partial charge is 0.0000000465 e. The Balaban J connectivity index is 0.00000120. The normalized spacial score (nSPS) is 14.4. The molecule has 0 nitrogen and oxygen atoms in total. The minimum Gasteiger partial charge on any atom is -0.0610 e. The van der Waals surface area contributed by atoms with Crippen LogP contribution in [0.15, 0.2) is 133 Å². The Kier molecular flexibility index (Phi) is 4.74. The van der Waals surface area contributed by atoms with Crippen molar-refractivity contribution in [3.8, 4) is 0 Å². The zero-order valence-corrected chi connectivity index (χ0v) is 41.6. The molecule has 0 saturated carbocycles. The second-order valence-corrected chi connectivity index (χ2v) is 26.4. The van der Waals surface area contributed by atoms with E-state index in [-0.39, 0.29) is 14.9 Å². The van der Waals surface area contributed by atoms with E-state index in [0.29, 0.717) is 0 Å². The summed E-state index contributed by atoms with van der Waals surface area (Å²) >= 11 is -0.363. The zero-order chi connectivity index (χ0) is 46.0. The summed E-state index contributed by atoms with van der Waals surface area (Å²) in [6.45, 7) is 0. The fourth-order valence-electron chi connectivity index (χ4n) is 18.6. The van der Waals surface area contributed by atoms with E-state index >= 15 is 0 Å². The molecular formula is C70H22MoS2. The van der Waals surface area contributed by atoms with Crippen molar-refractivity contribution >= 4 is 278 Å². The van der Waals surface area contributed by atoms with Crippen molar-refractivity contribution in [1.82, 2.24) is 0 Å². The van der Waals surface area contributed by atoms with Crippen LogP contribution in [0.25, 0.3) is 259 Å². The van der Waals surface area contributed by atoms with Crippen LogP contribution < -0.4 is 0 Å². The molecule has 73 heavy (non-hydrogen) atoms. The summed E-state index contributed by atoms with van der Waals surface area (Å²) < 4.78 is 0. The molecule has 0 saturated heterocycles. The minimum atomic E-state index is -0.363. The first-order valence-corrected chi connectivity index (χ1v) is 31.2. The molecule has 25 aromatic rings. The van der Waals surface area contributed by atoms with Crippen molar-refractivity contribution in [3.63, 3.8) is 0 Å². The number of hydrogen-bond acceptors (Lipinski definition) is 2. The quantitative estimate of drug-likeness (QED) is 0.0843. The van der Waals surface area contributed by atoms with E-state index in [9.17, 15) is 0 Å². The van der Waals surface area contributed by atoms with Crippen molar-refractivity contribution in [3.05, 3.63) is 133 Å². The van der Waals surface area contributed by atoms with Crippen LogP contribution in [0.3, 0.4) is 0 Å². The van der Waals surface area contributed by atoms with Gasteiger partial charge in [-0.15, -0.1) is 0 Å². The predicted octanol–water partition coefficient (Wildman–Crippen LogP) is 21.7. The third kappa shape index (κ3) is 3.01. The van der Waals surface area contributed by atoms with Gasteiger partial charge in [0.2, 0.25) is 0 Å². The van der Waals surface area contributed by atoms with Gasteiger partial charge in [0.25, 0.3) is 0 Å². The van der Waals surface area contributed by atoms with Gasteiger partial charge in [-0.3, -0.25) is 0 Å². The number of rotatable bonds is 0. The maximum Gasteiger partial charge on any atom is -0.0000000465 e. The van der Waals surface area contributed by atoms with Gasteiger partial charge in [0.1, 0.15) is 0 Å². The van der Waals surface area contributed by atoms with Gasteiger partial charge in [-0.2, -0.15) is 0 Å². The van der Waals surface area contributed by atoms with Crippen LogP contribution in [0, 0.1) is 0 Å². The van der Waals surface area contributed by atoms with Crippen LogP contribution >= 0.6 is 19.6 Å². The molecule has 0 bridgehead atoms. The van der Waals surface area contributed by atoms with Gasteiger partial charge in [0, 0.05) is 0 Å². The van der Waals surface area contributed by atoms with Crippen LogP contribution in [-0.2, 0) is 14.9 Å². The summed E-state index contributed by atoms with van der Waals surface area (Å²) in [7, 11) is 8.68. The summed E-state index contributed by atoms with van der Waals surface area (Å²) in [5.74, 6) is 0. The van der Waals surface area contributed by atoms with Crippen molar-refractivity contribution in [2.45, 2.75) is 0 Å². The van der Waals surface area contributed by atoms with Crippen molar-refractivity contribution in [2.24, 2.45) is 0 Å². The van der Waals surface area contributed by atoms with Crippen LogP contribution in [0.4, 0.5) is 0 Å². The van der Waals surface area contributed by atoms with Crippen LogP contribution in [0.5, 0.6) is 0 Å². The molecule has 320 valence electrons. The summed E-state index contributed by atoms with van der Waals surface area (Å²) in [5, 5.41) is 69.3. The van der Waals surface area contributed by atoms with Crippen LogP contribution in [0.1, 0.15) is 0 Å². The van der Waals surface area contributed by atoms with Gasteiger partial charge < -0.3 is 0 Å². The zero-order valence-electron chi connectivity index (χ0n) is 37.9. The monoisotopic (exact) mass is 1020 g/mol. The molecule has 0 aromatic heterocycles. The van der Waals surface area contributed by atoms with E-state index in [0.717, 1.165) is 0 Å². The molecule has 0 radical (unpaired) electrons. The van der Waals surface area contributed by atoms with Gasteiger partial charge in [0.15, 0.2) is 0 Å². The Morgan fingerprint density at radius 2 is 0.274 bits per heavy atom. The second-order valence-electron chi connectivity index (χ2n) is 22.8. The second kappa shape index (κ2) is 10.1. The van der Waals surface area contributed by atoms with E-state index in [2.05, 4.69) is 153 Å². The Bertz CT molecular complexity index is 6050. The van der Waals surface area contributed by atoms with Crippen molar-refractivity contribution in [2.75, 3.05) is 0 Å². The maximum atomic E-state index is 4.34. The number of benzene rings is 25. The minimum absolute atomic E-state index is 0.363. The molecule has 0 aliphatic rings. The molecule has 0 atom stereocenters. The first kappa shape index (κ1) is 34.4. The van der Waals surface area contributed by atoms with E-state index in [1.807, 2.05) is 0 Å². The van der Waals surface area contributed by atoms with Gasteiger partial charge in [-0.05, 0) is 331 Å². The van der Waals surface area contributed by atoms with E-state index < -0.39 is 0 Å². The molecule has 25 aromatic carbocycles. The van der Waals surface area contributed by atoms with Gasteiger partial charge in [-0.25, -0.2) is 0 Å². The van der Waals surface area contributed by atoms with Gasteiger partial charge in [-0.1, -0.05) is 60.7 Å². The molecule has 0 heterocycles. The molecule has 25 rings (SSSR count). The molecule has 0 fully saturated rings. The molecule has 0 unspecified atom stereocenters. The third-order valence-electron chi connectivity index (χ3n) is 20.3. The van der Waals surface area contributed by atoms with Crippen molar-refractivity contribution in [1.29, 1.82) is 0 Å². The Morgan fingerprint density at radius 3 is 0.466 bits per heavy atom. The molecule has 0 N–H and O–H groups in total. The van der Waals surface area contributed by atoms with Crippen LogP contribution in [-0.4, -0.2) is 0 Å². The Hall–Kier alpha value is -7.97. The van der Waals surface area contributed by atoms with Gasteiger partial charge >= 0.3 is 34.6 Å². The fraction of sp³-hybridized carbons (Fsp3) is 0. The molecule has 0 aliphatic heterocycles. The van der Waals surface area contributed by atoms with Gasteiger partial charge in [0.05, 0.1) is 0 Å². The third-order valence-corrected chi connectivity index (χ3v) is 20.3. The molecule has 0 aliphatic carbocycles. The van der Waals surface area contributed by atoms with Crippen molar-refractivity contribution < 1.29 is 14.9 Å². The average Bonchev–Trinajstić information content (AvgIpc) is 3.41. The van der Waals surface area contributed by atoms with E-state index in [4.69, 9.17) is 0 Å². The molecule has 0 spiro atoms. The predicted molar refractivity (Wildman–Crippen MR) is 321 cm³/mol. The summed E-state index contributed by atoms with van der Waals surface area (Å²) in [6, 6.07) is 54.7. The summed E-state index contributed by atoms with van der Waals surface area (Å²) in [5.41, 5.74) is 0. The fourth-order valence-corrected chi connectivity index (χ4v) is 18.6. The summed E-state index contributed by atoms with van der Waals surface area (Å²) in [6.07, 6.45) is 0. The van der Waals surface area contributed by atoms with Crippen LogP contribution in [0.2, 0.25) is 0 Å². The molecule has 3 heteroatoms. The largest absolute Gasteiger partial charge is 0.0610 e. The Labute approximate surface area is 423 Å². The molecule has 0 amide bonds. The van der Waals surface area contributed by atoms with E-state index in [1.54, 1.807) is 0 Å². The first-order chi connectivity index (χ1) is 36.1. The standard InChI is InChI=1S/C70H22.Mo.2S/c1-3-23-11-31-19-35-15-27-7-9-29-17-37-21-33-13-25-5-2-6-26-14-34-22-38-18-30-10-8-28-16-36-20-32-12-24(4-1)39(23)53-45(31)59-49(35)55-41(27)43(29)57-51(37)61-47(33)54(40(25)26)48(34)62-52(38)58-44(30)42(28)56-50(36)60(46(32)53)63(59)69-65(55)67(57)70(64(61)62)68(58)66(56)69;;;/h1-22H;;;. The Morgan fingerprint density at radius 1 is 0.151 bits per heavy atom. The maximum absolute atomic E-state index is 4.34. The number of hydrogen-bond donors (Lipinski definition) is 0. The van der Waals surface area contributed by atoms with E-state index in [1.165, 1.54) is 259 Å².